The van der Waals surface area contributed by atoms with E-state index >= 15 is 0 Å². The largest absolute Gasteiger partial charge is 0.396 e. The van der Waals surface area contributed by atoms with Gasteiger partial charge in [0.15, 0.2) is 5.82 Å². The van der Waals surface area contributed by atoms with Gasteiger partial charge in [0.2, 0.25) is 0 Å². The summed E-state index contributed by atoms with van der Waals surface area (Å²) in [4.78, 5) is 18.9. The van der Waals surface area contributed by atoms with Crippen molar-refractivity contribution < 1.29 is 0 Å². The Morgan fingerprint density at radius 2 is 2.17 bits per heavy atom. The normalized spacial score (nSPS) is 15.0. The molecule has 1 fully saturated rings. The van der Waals surface area contributed by atoms with Gasteiger partial charge < -0.3 is 10.7 Å². The van der Waals surface area contributed by atoms with Crippen molar-refractivity contribution in [2.75, 3.05) is 5.73 Å². The van der Waals surface area contributed by atoms with Crippen LogP contribution in [0.4, 0.5) is 5.69 Å². The van der Waals surface area contributed by atoms with Gasteiger partial charge in [-0.2, -0.15) is 5.10 Å². The maximum atomic E-state index is 11.7. The number of nitrogens with one attached hydrogen (secondary N) is 1. The number of rotatable bonds is 2. The second-order valence-corrected chi connectivity index (χ2v) is 4.76. The van der Waals surface area contributed by atoms with Crippen molar-refractivity contribution in [3.8, 4) is 5.82 Å². The van der Waals surface area contributed by atoms with E-state index in [2.05, 4.69) is 15.1 Å². The molecule has 2 heterocycles. The van der Waals surface area contributed by atoms with Crippen LogP contribution in [0.1, 0.15) is 36.0 Å². The molecule has 0 bridgehead atoms. The number of H-pyrrole nitrogens is 1. The molecule has 2 aromatic rings. The number of aryl methyl sites for hydroxylation is 1. The standard InChI is InChI=1S/C12H15N5O/c1-6-11(13)7(2)17(16-6)9-5-10(18)15-12(14-9)8-3-4-8/h5,8H,3-4,13H2,1-2H3,(H,14,15,18). The first kappa shape index (κ1) is 11.0. The van der Waals surface area contributed by atoms with Crippen molar-refractivity contribution in [1.82, 2.24) is 19.7 Å². The predicted octanol–water partition coefficient (Wildman–Crippen LogP) is 1.03. The van der Waals surface area contributed by atoms with Gasteiger partial charge in [-0.15, -0.1) is 0 Å². The minimum absolute atomic E-state index is 0.145. The van der Waals surface area contributed by atoms with Crippen LogP contribution in [-0.2, 0) is 0 Å². The van der Waals surface area contributed by atoms with E-state index in [-0.39, 0.29) is 5.56 Å². The fourth-order valence-corrected chi connectivity index (χ4v) is 2.00. The lowest BCUT2D eigenvalue weighted by molar-refractivity contribution is 0.775. The highest BCUT2D eigenvalue weighted by Crippen LogP contribution is 2.37. The molecule has 2 aromatic heterocycles. The van der Waals surface area contributed by atoms with Crippen molar-refractivity contribution in [1.29, 1.82) is 0 Å². The molecule has 0 unspecified atom stereocenters. The van der Waals surface area contributed by atoms with Gasteiger partial charge in [-0.3, -0.25) is 4.79 Å². The molecule has 6 nitrogen and oxygen atoms in total. The molecule has 0 atom stereocenters. The van der Waals surface area contributed by atoms with Gasteiger partial charge in [0.25, 0.3) is 5.56 Å². The molecule has 1 saturated carbocycles. The van der Waals surface area contributed by atoms with Gasteiger partial charge in [0, 0.05) is 12.0 Å². The summed E-state index contributed by atoms with van der Waals surface area (Å²) >= 11 is 0. The fraction of sp³-hybridized carbons (Fsp3) is 0.417. The third kappa shape index (κ3) is 1.70. The van der Waals surface area contributed by atoms with Gasteiger partial charge in [-0.05, 0) is 26.7 Å². The Bertz CT molecular complexity index is 666. The van der Waals surface area contributed by atoms with E-state index in [1.807, 2.05) is 13.8 Å². The first-order chi connectivity index (χ1) is 8.56. The topological polar surface area (TPSA) is 89.6 Å². The highest BCUT2D eigenvalue weighted by atomic mass is 16.1. The SMILES string of the molecule is Cc1nn(-c2cc(=O)[nH]c(C3CC3)n2)c(C)c1N. The first-order valence-electron chi connectivity index (χ1n) is 5.99. The Kier molecular flexibility index (Phi) is 2.26. The van der Waals surface area contributed by atoms with Crippen molar-refractivity contribution in [2.24, 2.45) is 0 Å². The second kappa shape index (κ2) is 3.69. The quantitative estimate of drug-likeness (QED) is 0.827. The van der Waals surface area contributed by atoms with E-state index in [9.17, 15) is 4.79 Å². The van der Waals surface area contributed by atoms with E-state index in [0.717, 1.165) is 30.1 Å². The summed E-state index contributed by atoms with van der Waals surface area (Å²) in [6.07, 6.45) is 2.18. The molecule has 0 radical (unpaired) electrons. The molecular weight excluding hydrogens is 230 g/mol. The number of nitrogen functional groups attached to an aromatic ring is 1. The molecule has 3 rings (SSSR count). The number of nitrogens with zero attached hydrogens (tertiary/aromatic N) is 3. The molecule has 1 aliphatic rings. The zero-order valence-electron chi connectivity index (χ0n) is 10.4. The third-order valence-electron chi connectivity index (χ3n) is 3.27. The van der Waals surface area contributed by atoms with E-state index in [1.165, 1.54) is 6.07 Å². The lowest BCUT2D eigenvalue weighted by atomic mass is 10.3. The van der Waals surface area contributed by atoms with E-state index in [1.54, 1.807) is 4.68 Å². The molecular formula is C12H15N5O. The van der Waals surface area contributed by atoms with E-state index < -0.39 is 0 Å². The molecule has 18 heavy (non-hydrogen) atoms. The molecule has 3 N–H and O–H groups in total. The Labute approximate surface area is 104 Å². The number of hydrogen-bond donors (Lipinski definition) is 2. The van der Waals surface area contributed by atoms with Crippen LogP contribution in [0.2, 0.25) is 0 Å². The Morgan fingerprint density at radius 3 is 2.72 bits per heavy atom. The van der Waals surface area contributed by atoms with Gasteiger partial charge in [0.05, 0.1) is 17.1 Å². The maximum absolute atomic E-state index is 11.7. The number of nitrogens with two attached hydrogens (primary N) is 1. The average Bonchev–Trinajstić information content (AvgIpc) is 3.13. The third-order valence-corrected chi connectivity index (χ3v) is 3.27. The Morgan fingerprint density at radius 1 is 1.44 bits per heavy atom. The van der Waals surface area contributed by atoms with Crippen LogP contribution < -0.4 is 11.3 Å². The van der Waals surface area contributed by atoms with Crippen LogP contribution in [0.15, 0.2) is 10.9 Å². The number of hydrogen-bond acceptors (Lipinski definition) is 4. The summed E-state index contributed by atoms with van der Waals surface area (Å²) in [5.74, 6) is 1.69. The molecule has 0 saturated heterocycles. The molecule has 1 aliphatic carbocycles. The van der Waals surface area contributed by atoms with Gasteiger partial charge >= 0.3 is 0 Å². The minimum Gasteiger partial charge on any atom is -0.396 e. The molecule has 0 aromatic carbocycles. The highest BCUT2D eigenvalue weighted by molar-refractivity contribution is 5.49. The molecule has 6 heteroatoms. The summed E-state index contributed by atoms with van der Waals surface area (Å²) in [5.41, 5.74) is 7.95. The van der Waals surface area contributed by atoms with Crippen molar-refractivity contribution >= 4 is 5.69 Å². The summed E-state index contributed by atoms with van der Waals surface area (Å²) in [6, 6.07) is 1.45. The lowest BCUT2D eigenvalue weighted by Crippen LogP contribution is -2.14. The van der Waals surface area contributed by atoms with Crippen molar-refractivity contribution in [3.05, 3.63) is 33.6 Å². The first-order valence-corrected chi connectivity index (χ1v) is 5.99. The highest BCUT2D eigenvalue weighted by Gasteiger charge is 2.27. The van der Waals surface area contributed by atoms with Crippen LogP contribution in [0.25, 0.3) is 5.82 Å². The minimum atomic E-state index is -0.145. The van der Waals surface area contributed by atoms with Crippen LogP contribution in [0.3, 0.4) is 0 Å². The lowest BCUT2D eigenvalue weighted by Gasteiger charge is -2.05. The Balaban J connectivity index is 2.16. The number of aromatic nitrogens is 4. The maximum Gasteiger partial charge on any atom is 0.253 e. The summed E-state index contributed by atoms with van der Waals surface area (Å²) in [5, 5.41) is 4.32. The molecule has 0 amide bonds. The van der Waals surface area contributed by atoms with Gasteiger partial charge in [-0.25, -0.2) is 9.67 Å². The monoisotopic (exact) mass is 245 g/mol. The summed E-state index contributed by atoms with van der Waals surface area (Å²) in [7, 11) is 0. The molecule has 94 valence electrons. The van der Waals surface area contributed by atoms with Crippen LogP contribution in [0, 0.1) is 13.8 Å². The van der Waals surface area contributed by atoms with Crippen LogP contribution in [-0.4, -0.2) is 19.7 Å². The van der Waals surface area contributed by atoms with Gasteiger partial charge in [0.1, 0.15) is 5.82 Å². The van der Waals surface area contributed by atoms with E-state index in [0.29, 0.717) is 17.4 Å². The average molecular weight is 245 g/mol. The summed E-state index contributed by atoms with van der Waals surface area (Å²) < 4.78 is 1.63. The molecule has 0 spiro atoms. The number of anilines is 1. The fourth-order valence-electron chi connectivity index (χ4n) is 2.00. The van der Waals surface area contributed by atoms with Crippen molar-refractivity contribution in [2.45, 2.75) is 32.6 Å². The predicted molar refractivity (Wildman–Crippen MR) is 67.8 cm³/mol. The zero-order chi connectivity index (χ0) is 12.9. The van der Waals surface area contributed by atoms with Crippen LogP contribution in [0.5, 0.6) is 0 Å². The zero-order valence-corrected chi connectivity index (χ0v) is 10.4. The van der Waals surface area contributed by atoms with Gasteiger partial charge in [-0.1, -0.05) is 0 Å². The van der Waals surface area contributed by atoms with Crippen LogP contribution >= 0.6 is 0 Å². The van der Waals surface area contributed by atoms with Crippen molar-refractivity contribution in [3.63, 3.8) is 0 Å². The van der Waals surface area contributed by atoms with E-state index in [4.69, 9.17) is 5.73 Å². The Hall–Kier alpha value is -2.11. The second-order valence-electron chi connectivity index (χ2n) is 4.76. The number of aromatic amines is 1. The summed E-state index contributed by atoms with van der Waals surface area (Å²) in [6.45, 7) is 3.71. The molecule has 0 aliphatic heterocycles. The smallest absolute Gasteiger partial charge is 0.253 e.